The van der Waals surface area contributed by atoms with E-state index in [1.807, 2.05) is 0 Å². The summed E-state index contributed by atoms with van der Waals surface area (Å²) < 4.78 is 7.23. The average Bonchev–Trinajstić information content (AvgIpc) is 3.09. The summed E-state index contributed by atoms with van der Waals surface area (Å²) in [5.74, 6) is 1.33. The molecular formula is C19H27N5O. The van der Waals surface area contributed by atoms with E-state index in [0.717, 1.165) is 30.7 Å². The Morgan fingerprint density at radius 3 is 2.68 bits per heavy atom. The maximum absolute atomic E-state index is 5.65. The summed E-state index contributed by atoms with van der Waals surface area (Å²) in [5.41, 5.74) is 3.76. The summed E-state index contributed by atoms with van der Waals surface area (Å²) in [4.78, 5) is 2.52. The lowest BCUT2D eigenvalue weighted by molar-refractivity contribution is 0.372. The first-order valence-corrected chi connectivity index (χ1v) is 8.85. The number of methoxy groups -OCH3 is 1. The van der Waals surface area contributed by atoms with Gasteiger partial charge in [-0.05, 0) is 44.2 Å². The van der Waals surface area contributed by atoms with E-state index in [-0.39, 0.29) is 5.54 Å². The molecule has 0 fully saturated rings. The maximum atomic E-state index is 5.65. The molecule has 1 atom stereocenters. The molecule has 1 unspecified atom stereocenters. The second-order valence-electron chi connectivity index (χ2n) is 7.31. The van der Waals surface area contributed by atoms with Crippen molar-refractivity contribution in [3.63, 3.8) is 0 Å². The van der Waals surface area contributed by atoms with Crippen LogP contribution in [0, 0.1) is 0 Å². The van der Waals surface area contributed by atoms with Crippen molar-refractivity contribution >= 4 is 11.9 Å². The average molecular weight is 341 g/mol. The standard InChI is InChI=1S/C19H27N5O/c1-6-7-24-17-9-18(25-5)15(11-22-23-12-20-21-13-23)8-16(17)14(2)10-19(24,3)4/h8-9,11-14H,6-7,10H2,1-5H3/b22-11-. The van der Waals surface area contributed by atoms with Gasteiger partial charge in [-0.15, -0.1) is 10.2 Å². The van der Waals surface area contributed by atoms with Gasteiger partial charge in [-0.25, -0.2) is 4.68 Å². The van der Waals surface area contributed by atoms with E-state index in [1.165, 1.54) is 11.3 Å². The Balaban J connectivity index is 2.06. The van der Waals surface area contributed by atoms with E-state index in [9.17, 15) is 0 Å². The van der Waals surface area contributed by atoms with E-state index in [2.05, 4.69) is 60.0 Å². The summed E-state index contributed by atoms with van der Waals surface area (Å²) in [5, 5.41) is 11.9. The second-order valence-corrected chi connectivity index (χ2v) is 7.31. The van der Waals surface area contributed by atoms with Gasteiger partial charge in [0.1, 0.15) is 18.4 Å². The molecule has 0 N–H and O–H groups in total. The Bertz CT molecular complexity index is 751. The van der Waals surface area contributed by atoms with Gasteiger partial charge in [0.05, 0.1) is 13.3 Å². The summed E-state index contributed by atoms with van der Waals surface area (Å²) in [6.45, 7) is 10.2. The second kappa shape index (κ2) is 6.86. The van der Waals surface area contributed by atoms with Gasteiger partial charge in [0, 0.05) is 29.4 Å². The minimum Gasteiger partial charge on any atom is -0.496 e. The fraction of sp³-hybridized carbons (Fsp3) is 0.526. The number of ether oxygens (including phenoxy) is 1. The fourth-order valence-electron chi connectivity index (χ4n) is 3.84. The fourth-order valence-corrected chi connectivity index (χ4v) is 3.84. The Hall–Kier alpha value is -2.37. The highest BCUT2D eigenvalue weighted by Gasteiger charge is 2.36. The van der Waals surface area contributed by atoms with Crippen LogP contribution in [0.3, 0.4) is 0 Å². The number of rotatable bonds is 5. The lowest BCUT2D eigenvalue weighted by atomic mass is 9.79. The first kappa shape index (κ1) is 17.5. The van der Waals surface area contributed by atoms with Gasteiger partial charge >= 0.3 is 0 Å². The lowest BCUT2D eigenvalue weighted by Crippen LogP contribution is -2.48. The quantitative estimate of drug-likeness (QED) is 0.779. The van der Waals surface area contributed by atoms with Crippen LogP contribution in [0.25, 0.3) is 0 Å². The van der Waals surface area contributed by atoms with E-state index >= 15 is 0 Å². The van der Waals surface area contributed by atoms with Crippen LogP contribution in [0.15, 0.2) is 29.9 Å². The smallest absolute Gasteiger partial charge is 0.141 e. The molecule has 1 aromatic carbocycles. The highest BCUT2D eigenvalue weighted by atomic mass is 16.5. The molecule has 0 saturated carbocycles. The molecule has 2 aromatic rings. The van der Waals surface area contributed by atoms with Crippen molar-refractivity contribution in [2.45, 2.75) is 52.0 Å². The van der Waals surface area contributed by atoms with Crippen LogP contribution >= 0.6 is 0 Å². The summed E-state index contributed by atoms with van der Waals surface area (Å²) in [6, 6.07) is 4.38. The van der Waals surface area contributed by atoms with Crippen molar-refractivity contribution in [1.82, 2.24) is 14.9 Å². The van der Waals surface area contributed by atoms with Gasteiger partial charge in [-0.3, -0.25) is 0 Å². The van der Waals surface area contributed by atoms with Crippen molar-refractivity contribution < 1.29 is 4.74 Å². The number of benzene rings is 1. The molecule has 0 spiro atoms. The molecule has 6 nitrogen and oxygen atoms in total. The lowest BCUT2D eigenvalue weighted by Gasteiger charge is -2.47. The first-order chi connectivity index (χ1) is 12.0. The molecule has 1 aliphatic heterocycles. The Morgan fingerprint density at radius 1 is 1.32 bits per heavy atom. The predicted molar refractivity (Wildman–Crippen MR) is 101 cm³/mol. The van der Waals surface area contributed by atoms with Crippen LogP contribution in [0.5, 0.6) is 5.75 Å². The summed E-state index contributed by atoms with van der Waals surface area (Å²) in [7, 11) is 1.71. The molecule has 0 aliphatic carbocycles. The van der Waals surface area contributed by atoms with Crippen molar-refractivity contribution in [1.29, 1.82) is 0 Å². The third kappa shape index (κ3) is 3.38. The SMILES string of the molecule is CCCN1c2cc(OC)c(/C=N\n3cnnc3)cc2C(C)CC1(C)C. The molecular weight excluding hydrogens is 314 g/mol. The number of fused-ring (bicyclic) bond motifs is 1. The highest BCUT2D eigenvalue weighted by Crippen LogP contribution is 2.45. The molecule has 1 aliphatic rings. The highest BCUT2D eigenvalue weighted by molar-refractivity contribution is 5.86. The summed E-state index contributed by atoms with van der Waals surface area (Å²) >= 11 is 0. The molecule has 134 valence electrons. The first-order valence-electron chi connectivity index (χ1n) is 8.85. The number of anilines is 1. The van der Waals surface area contributed by atoms with Crippen molar-refractivity contribution in [3.05, 3.63) is 35.9 Å². The van der Waals surface area contributed by atoms with Crippen molar-refractivity contribution in [2.24, 2.45) is 5.10 Å². The van der Waals surface area contributed by atoms with Crippen LogP contribution < -0.4 is 9.64 Å². The van der Waals surface area contributed by atoms with Crippen LogP contribution in [0.1, 0.15) is 57.6 Å². The van der Waals surface area contributed by atoms with E-state index < -0.39 is 0 Å². The molecule has 0 radical (unpaired) electrons. The van der Waals surface area contributed by atoms with Crippen LogP contribution in [-0.4, -0.2) is 40.3 Å². The van der Waals surface area contributed by atoms with E-state index in [1.54, 1.807) is 30.7 Å². The van der Waals surface area contributed by atoms with E-state index in [4.69, 9.17) is 4.74 Å². The molecule has 25 heavy (non-hydrogen) atoms. The topological polar surface area (TPSA) is 55.5 Å². The van der Waals surface area contributed by atoms with Gasteiger partial charge < -0.3 is 9.64 Å². The van der Waals surface area contributed by atoms with Gasteiger partial charge in [0.15, 0.2) is 0 Å². The Labute approximate surface area is 149 Å². The minimum atomic E-state index is 0.144. The predicted octanol–water partition coefficient (Wildman–Crippen LogP) is 3.67. The molecule has 6 heteroatoms. The number of nitrogens with zero attached hydrogens (tertiary/aromatic N) is 5. The molecule has 0 saturated heterocycles. The monoisotopic (exact) mass is 341 g/mol. The Kier molecular flexibility index (Phi) is 4.79. The zero-order valence-electron chi connectivity index (χ0n) is 15.7. The van der Waals surface area contributed by atoms with E-state index in [0.29, 0.717) is 5.92 Å². The van der Waals surface area contributed by atoms with Crippen LogP contribution in [0.2, 0.25) is 0 Å². The normalized spacial score (nSPS) is 19.2. The molecule has 1 aromatic heterocycles. The number of hydrogen-bond acceptors (Lipinski definition) is 5. The zero-order valence-corrected chi connectivity index (χ0v) is 15.7. The van der Waals surface area contributed by atoms with Gasteiger partial charge in [0.25, 0.3) is 0 Å². The molecule has 0 bridgehead atoms. The molecule has 0 amide bonds. The van der Waals surface area contributed by atoms with Crippen LogP contribution in [0.4, 0.5) is 5.69 Å². The zero-order chi connectivity index (χ0) is 18.0. The minimum absolute atomic E-state index is 0.144. The third-order valence-corrected chi connectivity index (χ3v) is 4.92. The maximum Gasteiger partial charge on any atom is 0.141 e. The number of aromatic nitrogens is 3. The van der Waals surface area contributed by atoms with Gasteiger partial charge in [0.2, 0.25) is 0 Å². The van der Waals surface area contributed by atoms with Gasteiger partial charge in [-0.2, -0.15) is 5.10 Å². The number of hydrogen-bond donors (Lipinski definition) is 0. The van der Waals surface area contributed by atoms with Crippen molar-refractivity contribution in [2.75, 3.05) is 18.6 Å². The summed E-state index contributed by atoms with van der Waals surface area (Å²) in [6.07, 6.45) is 7.19. The Morgan fingerprint density at radius 2 is 2.04 bits per heavy atom. The molecule has 2 heterocycles. The van der Waals surface area contributed by atoms with Crippen molar-refractivity contribution in [3.8, 4) is 5.75 Å². The third-order valence-electron chi connectivity index (χ3n) is 4.92. The molecule has 3 rings (SSSR count). The van der Waals surface area contributed by atoms with Gasteiger partial charge in [-0.1, -0.05) is 13.8 Å². The van der Waals surface area contributed by atoms with Crippen LogP contribution in [-0.2, 0) is 0 Å². The largest absolute Gasteiger partial charge is 0.496 e.